The van der Waals surface area contributed by atoms with Gasteiger partial charge in [0.15, 0.2) is 0 Å². The average molecular weight is 333 g/mol. The molecule has 0 aliphatic rings. The zero-order chi connectivity index (χ0) is 16.7. The molecule has 2 N–H and O–H groups in total. The van der Waals surface area contributed by atoms with Gasteiger partial charge in [0.2, 0.25) is 5.91 Å². The molecule has 2 rings (SSSR count). The fourth-order valence-electron chi connectivity index (χ4n) is 1.74. The topological polar surface area (TPSA) is 67.4 Å². The van der Waals surface area contributed by atoms with E-state index in [9.17, 15) is 9.59 Å². The summed E-state index contributed by atoms with van der Waals surface area (Å²) in [6.07, 6.45) is 0.307. The van der Waals surface area contributed by atoms with Crippen LogP contribution < -0.4 is 15.6 Å². The lowest BCUT2D eigenvalue weighted by molar-refractivity contribution is -0.121. The Kier molecular flexibility index (Phi) is 6.00. The fraction of sp³-hybridized carbons (Fsp3) is 0.176. The lowest BCUT2D eigenvalue weighted by atomic mass is 10.1. The van der Waals surface area contributed by atoms with Gasteiger partial charge in [0, 0.05) is 17.0 Å². The Bertz CT molecular complexity index is 669. The highest BCUT2D eigenvalue weighted by atomic mass is 35.5. The van der Waals surface area contributed by atoms with E-state index in [1.165, 1.54) is 0 Å². The third-order valence-corrected chi connectivity index (χ3v) is 3.32. The molecule has 120 valence electrons. The van der Waals surface area contributed by atoms with Crippen molar-refractivity contribution in [1.82, 2.24) is 10.9 Å². The first-order valence-corrected chi connectivity index (χ1v) is 7.52. The van der Waals surface area contributed by atoms with Crippen LogP contribution in [0, 0.1) is 0 Å². The predicted molar refractivity (Wildman–Crippen MR) is 88.1 cm³/mol. The van der Waals surface area contributed by atoms with Gasteiger partial charge in [-0.3, -0.25) is 20.4 Å². The van der Waals surface area contributed by atoms with E-state index >= 15 is 0 Å². The van der Waals surface area contributed by atoms with Crippen LogP contribution in [0.3, 0.4) is 0 Å². The number of halogens is 1. The number of ether oxygens (including phenoxy) is 1. The number of carbonyl (C=O) groups is 2. The predicted octanol–water partition coefficient (Wildman–Crippen LogP) is 3.09. The van der Waals surface area contributed by atoms with Crippen LogP contribution in [0.4, 0.5) is 0 Å². The number of hydrogen-bond donors (Lipinski definition) is 2. The number of hydrogen-bond acceptors (Lipinski definition) is 3. The van der Waals surface area contributed by atoms with Gasteiger partial charge in [-0.25, -0.2) is 0 Å². The van der Waals surface area contributed by atoms with Crippen molar-refractivity contribution in [1.29, 1.82) is 0 Å². The SMILES string of the molecule is CCC(=O)NNC(=O)c1ccc(COc2ccc(Cl)cc2)cc1. The van der Waals surface area contributed by atoms with Crippen LogP contribution in [-0.4, -0.2) is 11.8 Å². The highest BCUT2D eigenvalue weighted by molar-refractivity contribution is 6.30. The Morgan fingerprint density at radius 3 is 2.26 bits per heavy atom. The maximum Gasteiger partial charge on any atom is 0.269 e. The number of rotatable bonds is 5. The molecule has 0 spiro atoms. The van der Waals surface area contributed by atoms with Crippen molar-refractivity contribution < 1.29 is 14.3 Å². The summed E-state index contributed by atoms with van der Waals surface area (Å²) in [5, 5.41) is 0.655. The zero-order valence-electron chi connectivity index (χ0n) is 12.6. The molecule has 2 aromatic rings. The highest BCUT2D eigenvalue weighted by Crippen LogP contribution is 2.17. The minimum Gasteiger partial charge on any atom is -0.489 e. The summed E-state index contributed by atoms with van der Waals surface area (Å²) in [5.74, 6) is 0.113. The Hall–Kier alpha value is -2.53. The molecule has 0 heterocycles. The number of hydrazine groups is 1. The number of amides is 2. The van der Waals surface area contributed by atoms with Gasteiger partial charge in [0.05, 0.1) is 0 Å². The zero-order valence-corrected chi connectivity index (χ0v) is 13.4. The van der Waals surface area contributed by atoms with Gasteiger partial charge in [-0.2, -0.15) is 0 Å². The normalized spacial score (nSPS) is 10.0. The van der Waals surface area contributed by atoms with Crippen molar-refractivity contribution in [3.63, 3.8) is 0 Å². The molecule has 0 bridgehead atoms. The summed E-state index contributed by atoms with van der Waals surface area (Å²) in [6, 6.07) is 14.0. The van der Waals surface area contributed by atoms with Crippen LogP contribution in [0.25, 0.3) is 0 Å². The van der Waals surface area contributed by atoms with Crippen LogP contribution in [0.5, 0.6) is 5.75 Å². The highest BCUT2D eigenvalue weighted by Gasteiger charge is 2.06. The second kappa shape index (κ2) is 8.19. The molecule has 6 heteroatoms. The first-order valence-electron chi connectivity index (χ1n) is 7.15. The standard InChI is InChI=1S/C17H17ClN2O3/c1-2-16(21)19-20-17(22)13-5-3-12(4-6-13)11-23-15-9-7-14(18)8-10-15/h3-10H,2,11H2,1H3,(H,19,21)(H,20,22). The molecule has 2 amide bonds. The summed E-state index contributed by atoms with van der Waals surface area (Å²) in [6.45, 7) is 2.09. The van der Waals surface area contributed by atoms with Gasteiger partial charge >= 0.3 is 0 Å². The van der Waals surface area contributed by atoms with E-state index in [2.05, 4.69) is 10.9 Å². The van der Waals surface area contributed by atoms with E-state index in [1.54, 1.807) is 55.5 Å². The van der Waals surface area contributed by atoms with Crippen LogP contribution in [0.15, 0.2) is 48.5 Å². The van der Waals surface area contributed by atoms with Crippen molar-refractivity contribution in [3.05, 3.63) is 64.7 Å². The van der Waals surface area contributed by atoms with Gasteiger partial charge < -0.3 is 4.74 Å². The van der Waals surface area contributed by atoms with E-state index in [1.807, 2.05) is 0 Å². The molecule has 0 aliphatic carbocycles. The summed E-state index contributed by atoms with van der Waals surface area (Å²) in [5.41, 5.74) is 6.05. The third-order valence-electron chi connectivity index (χ3n) is 3.07. The molecular weight excluding hydrogens is 316 g/mol. The Balaban J connectivity index is 1.87. The van der Waals surface area contributed by atoms with Crippen molar-refractivity contribution >= 4 is 23.4 Å². The fourth-order valence-corrected chi connectivity index (χ4v) is 1.86. The van der Waals surface area contributed by atoms with Crippen molar-refractivity contribution in [2.45, 2.75) is 20.0 Å². The Morgan fingerprint density at radius 2 is 1.65 bits per heavy atom. The van der Waals surface area contributed by atoms with Crippen LogP contribution in [-0.2, 0) is 11.4 Å². The maximum absolute atomic E-state index is 11.8. The van der Waals surface area contributed by atoms with Gasteiger partial charge in [0.25, 0.3) is 5.91 Å². The first-order chi connectivity index (χ1) is 11.1. The van der Waals surface area contributed by atoms with E-state index in [4.69, 9.17) is 16.3 Å². The minimum atomic E-state index is -0.364. The van der Waals surface area contributed by atoms with E-state index in [0.717, 1.165) is 11.3 Å². The number of nitrogens with one attached hydrogen (secondary N) is 2. The second-order valence-electron chi connectivity index (χ2n) is 4.80. The smallest absolute Gasteiger partial charge is 0.269 e. The molecule has 2 aromatic carbocycles. The quantitative estimate of drug-likeness (QED) is 0.827. The summed E-state index contributed by atoms with van der Waals surface area (Å²) in [4.78, 5) is 22.9. The lowest BCUT2D eigenvalue weighted by Gasteiger charge is -2.08. The lowest BCUT2D eigenvalue weighted by Crippen LogP contribution is -2.41. The van der Waals surface area contributed by atoms with Gasteiger partial charge in [-0.05, 0) is 42.0 Å². The van der Waals surface area contributed by atoms with Crippen molar-refractivity contribution in [3.8, 4) is 5.75 Å². The Morgan fingerprint density at radius 1 is 1.00 bits per heavy atom. The third kappa shape index (κ3) is 5.30. The molecule has 0 unspecified atom stereocenters. The molecule has 0 aliphatic heterocycles. The van der Waals surface area contributed by atoms with Gasteiger partial charge in [0.1, 0.15) is 12.4 Å². The molecule has 0 aromatic heterocycles. The second-order valence-corrected chi connectivity index (χ2v) is 5.23. The molecule has 0 atom stereocenters. The first kappa shape index (κ1) is 16.8. The molecule has 0 radical (unpaired) electrons. The van der Waals surface area contributed by atoms with E-state index < -0.39 is 0 Å². The van der Waals surface area contributed by atoms with Crippen LogP contribution in [0.2, 0.25) is 5.02 Å². The minimum absolute atomic E-state index is 0.244. The number of benzene rings is 2. The number of carbonyl (C=O) groups excluding carboxylic acids is 2. The molecule has 23 heavy (non-hydrogen) atoms. The van der Waals surface area contributed by atoms with E-state index in [0.29, 0.717) is 23.6 Å². The molecule has 0 saturated heterocycles. The molecule has 0 saturated carbocycles. The maximum atomic E-state index is 11.8. The van der Waals surface area contributed by atoms with Crippen molar-refractivity contribution in [2.75, 3.05) is 0 Å². The van der Waals surface area contributed by atoms with Gasteiger partial charge in [-0.15, -0.1) is 0 Å². The van der Waals surface area contributed by atoms with Crippen molar-refractivity contribution in [2.24, 2.45) is 0 Å². The monoisotopic (exact) mass is 332 g/mol. The largest absolute Gasteiger partial charge is 0.489 e. The van der Waals surface area contributed by atoms with Crippen LogP contribution >= 0.6 is 11.6 Å². The summed E-state index contributed by atoms with van der Waals surface area (Å²) in [7, 11) is 0. The van der Waals surface area contributed by atoms with Crippen LogP contribution in [0.1, 0.15) is 29.3 Å². The molecule has 0 fully saturated rings. The van der Waals surface area contributed by atoms with E-state index in [-0.39, 0.29) is 11.8 Å². The molecule has 5 nitrogen and oxygen atoms in total. The average Bonchev–Trinajstić information content (AvgIpc) is 2.59. The molecular formula is C17H17ClN2O3. The summed E-state index contributed by atoms with van der Waals surface area (Å²) < 4.78 is 5.62. The Labute approximate surface area is 139 Å². The van der Waals surface area contributed by atoms with Gasteiger partial charge in [-0.1, -0.05) is 30.7 Å². The summed E-state index contributed by atoms with van der Waals surface area (Å²) >= 11 is 5.81.